The average Bonchev–Trinajstić information content (AvgIpc) is 2.36. The summed E-state index contributed by atoms with van der Waals surface area (Å²) in [6.45, 7) is 8.98. The van der Waals surface area contributed by atoms with Crippen molar-refractivity contribution in [1.29, 1.82) is 0 Å². The Bertz CT molecular complexity index is 402. The summed E-state index contributed by atoms with van der Waals surface area (Å²) in [4.78, 5) is 0. The fourth-order valence-electron chi connectivity index (χ4n) is 1.65. The smallest absolute Gasteiger partial charge is 0.165 e. The third kappa shape index (κ3) is 6.87. The average molecular weight is 283 g/mol. The number of hydrogen-bond acceptors (Lipinski definition) is 3. The van der Waals surface area contributed by atoms with Gasteiger partial charge in [0.2, 0.25) is 0 Å². The van der Waals surface area contributed by atoms with Gasteiger partial charge in [-0.25, -0.2) is 4.39 Å². The molecule has 0 heterocycles. The lowest BCUT2D eigenvalue weighted by Gasteiger charge is -2.18. The first-order valence-electron chi connectivity index (χ1n) is 7.03. The summed E-state index contributed by atoms with van der Waals surface area (Å²) < 4.78 is 24.3. The Hall–Kier alpha value is -1.13. The lowest BCUT2D eigenvalue weighted by atomic mass is 9.93. The predicted molar refractivity (Wildman–Crippen MR) is 79.5 cm³/mol. The second-order valence-electron chi connectivity index (χ2n) is 6.09. The number of benzene rings is 1. The van der Waals surface area contributed by atoms with Crippen LogP contribution < -0.4 is 10.1 Å². The fraction of sp³-hybridized carbons (Fsp3) is 0.625. The van der Waals surface area contributed by atoms with Crippen LogP contribution in [0.2, 0.25) is 0 Å². The van der Waals surface area contributed by atoms with Crippen LogP contribution in [0.5, 0.6) is 5.75 Å². The van der Waals surface area contributed by atoms with E-state index < -0.39 is 0 Å². The van der Waals surface area contributed by atoms with Crippen LogP contribution in [0, 0.1) is 11.2 Å². The van der Waals surface area contributed by atoms with Gasteiger partial charge in [0.1, 0.15) is 0 Å². The van der Waals surface area contributed by atoms with E-state index in [0.29, 0.717) is 25.5 Å². The van der Waals surface area contributed by atoms with Gasteiger partial charge in [-0.2, -0.15) is 0 Å². The second-order valence-corrected chi connectivity index (χ2v) is 6.09. The van der Waals surface area contributed by atoms with Gasteiger partial charge in [-0.3, -0.25) is 0 Å². The molecule has 0 spiro atoms. The maximum atomic E-state index is 13.9. The van der Waals surface area contributed by atoms with E-state index in [1.807, 2.05) is 6.07 Å². The number of rotatable bonds is 8. The van der Waals surface area contributed by atoms with Gasteiger partial charge >= 0.3 is 0 Å². The molecule has 1 rings (SSSR count). The largest absolute Gasteiger partial charge is 0.490 e. The molecule has 0 unspecified atom stereocenters. The molecule has 0 saturated heterocycles. The molecular weight excluding hydrogens is 257 g/mol. The Kier molecular flexibility index (Phi) is 6.96. The van der Waals surface area contributed by atoms with Gasteiger partial charge in [0.25, 0.3) is 0 Å². The van der Waals surface area contributed by atoms with Crippen LogP contribution in [-0.4, -0.2) is 26.9 Å². The molecule has 114 valence electrons. The zero-order chi connectivity index (χ0) is 15.0. The van der Waals surface area contributed by atoms with E-state index in [1.165, 1.54) is 6.07 Å². The summed E-state index contributed by atoms with van der Waals surface area (Å²) in [5.74, 6) is 0.0276. The van der Waals surface area contributed by atoms with Crippen molar-refractivity contribution in [3.63, 3.8) is 0 Å². The lowest BCUT2D eigenvalue weighted by molar-refractivity contribution is 0.199. The Morgan fingerprint density at radius 1 is 1.20 bits per heavy atom. The number of hydrogen-bond donors (Lipinski definition) is 1. The molecule has 0 radical (unpaired) electrons. The third-order valence-electron chi connectivity index (χ3n) is 2.92. The van der Waals surface area contributed by atoms with Gasteiger partial charge < -0.3 is 14.8 Å². The van der Waals surface area contributed by atoms with E-state index in [-0.39, 0.29) is 11.2 Å². The molecule has 1 N–H and O–H groups in total. The van der Waals surface area contributed by atoms with Crippen LogP contribution >= 0.6 is 0 Å². The van der Waals surface area contributed by atoms with Gasteiger partial charge in [0.05, 0.1) is 13.2 Å². The van der Waals surface area contributed by atoms with Gasteiger partial charge in [0.15, 0.2) is 11.6 Å². The van der Waals surface area contributed by atoms with Gasteiger partial charge in [-0.1, -0.05) is 26.8 Å². The monoisotopic (exact) mass is 283 g/mol. The number of nitrogens with one attached hydrogen (secondary N) is 1. The van der Waals surface area contributed by atoms with E-state index in [4.69, 9.17) is 9.47 Å². The molecule has 4 heteroatoms. The molecule has 20 heavy (non-hydrogen) atoms. The first-order chi connectivity index (χ1) is 9.42. The highest BCUT2D eigenvalue weighted by atomic mass is 19.1. The van der Waals surface area contributed by atoms with E-state index in [9.17, 15) is 4.39 Å². The van der Waals surface area contributed by atoms with Crippen molar-refractivity contribution in [2.75, 3.05) is 26.9 Å². The minimum atomic E-state index is -0.301. The van der Waals surface area contributed by atoms with Crippen molar-refractivity contribution in [3.8, 4) is 5.75 Å². The Morgan fingerprint density at radius 2 is 1.95 bits per heavy atom. The summed E-state index contributed by atoms with van der Waals surface area (Å²) in [5.41, 5.74) is 1.10. The molecule has 0 aliphatic carbocycles. The van der Waals surface area contributed by atoms with E-state index in [2.05, 4.69) is 26.1 Å². The van der Waals surface area contributed by atoms with Crippen molar-refractivity contribution in [1.82, 2.24) is 5.32 Å². The maximum absolute atomic E-state index is 13.9. The molecule has 0 aliphatic heterocycles. The van der Waals surface area contributed by atoms with Crippen molar-refractivity contribution in [3.05, 3.63) is 29.6 Å². The molecule has 0 saturated carbocycles. The molecule has 0 bridgehead atoms. The first-order valence-corrected chi connectivity index (χ1v) is 7.03. The highest BCUT2D eigenvalue weighted by molar-refractivity contribution is 5.29. The van der Waals surface area contributed by atoms with E-state index >= 15 is 0 Å². The predicted octanol–water partition coefficient (Wildman–Crippen LogP) is 3.38. The van der Waals surface area contributed by atoms with Crippen LogP contribution in [0.3, 0.4) is 0 Å². The molecule has 0 aromatic heterocycles. The van der Waals surface area contributed by atoms with Gasteiger partial charge in [-0.15, -0.1) is 0 Å². The van der Waals surface area contributed by atoms with Crippen molar-refractivity contribution >= 4 is 0 Å². The third-order valence-corrected chi connectivity index (χ3v) is 2.92. The molecule has 0 atom stereocenters. The maximum Gasteiger partial charge on any atom is 0.165 e. The Balaban J connectivity index is 2.43. The summed E-state index contributed by atoms with van der Waals surface area (Å²) in [6.07, 6.45) is 0.896. The van der Waals surface area contributed by atoms with Crippen LogP contribution in [0.25, 0.3) is 0 Å². The van der Waals surface area contributed by atoms with E-state index in [0.717, 1.165) is 18.5 Å². The quantitative estimate of drug-likeness (QED) is 0.742. The highest BCUT2D eigenvalue weighted by Gasteiger charge is 2.11. The van der Waals surface area contributed by atoms with Crippen LogP contribution in [0.15, 0.2) is 18.2 Å². The molecule has 0 fully saturated rings. The fourth-order valence-corrected chi connectivity index (χ4v) is 1.65. The summed E-state index contributed by atoms with van der Waals surface area (Å²) in [5, 5.41) is 3.18. The van der Waals surface area contributed by atoms with Crippen molar-refractivity contribution < 1.29 is 13.9 Å². The van der Waals surface area contributed by atoms with Gasteiger partial charge in [0, 0.05) is 20.2 Å². The minimum Gasteiger partial charge on any atom is -0.490 e. The zero-order valence-corrected chi connectivity index (χ0v) is 13.0. The molecule has 1 aromatic carbocycles. The van der Waals surface area contributed by atoms with Crippen LogP contribution in [0.4, 0.5) is 4.39 Å². The molecule has 1 aromatic rings. The SMILES string of the molecule is COCCNCc1ccc(OCCC(C)(C)C)c(F)c1. The first kappa shape index (κ1) is 16.9. The minimum absolute atomic E-state index is 0.196. The van der Waals surface area contributed by atoms with Crippen molar-refractivity contribution in [2.24, 2.45) is 5.41 Å². The number of halogens is 1. The van der Waals surface area contributed by atoms with Crippen LogP contribution in [-0.2, 0) is 11.3 Å². The molecular formula is C16H26FNO2. The highest BCUT2D eigenvalue weighted by Crippen LogP contribution is 2.22. The summed E-state index contributed by atoms with van der Waals surface area (Å²) >= 11 is 0. The van der Waals surface area contributed by atoms with Crippen LogP contribution in [0.1, 0.15) is 32.8 Å². The molecule has 3 nitrogen and oxygen atoms in total. The Morgan fingerprint density at radius 3 is 2.55 bits per heavy atom. The topological polar surface area (TPSA) is 30.5 Å². The molecule has 0 amide bonds. The lowest BCUT2D eigenvalue weighted by Crippen LogP contribution is -2.18. The normalized spacial score (nSPS) is 11.7. The second kappa shape index (κ2) is 8.22. The Labute approximate surface area is 121 Å². The van der Waals surface area contributed by atoms with E-state index in [1.54, 1.807) is 13.2 Å². The summed E-state index contributed by atoms with van der Waals surface area (Å²) in [7, 11) is 1.66. The van der Waals surface area contributed by atoms with Gasteiger partial charge in [-0.05, 0) is 29.5 Å². The summed E-state index contributed by atoms with van der Waals surface area (Å²) in [6, 6.07) is 5.10. The zero-order valence-electron chi connectivity index (χ0n) is 13.0. The van der Waals surface area contributed by atoms with Crippen molar-refractivity contribution in [2.45, 2.75) is 33.7 Å². The standard InChI is InChI=1S/C16H26FNO2/c1-16(2,3)7-9-20-15-6-5-13(11-14(15)17)12-18-8-10-19-4/h5-6,11,18H,7-10,12H2,1-4H3. The molecule has 0 aliphatic rings. The number of ether oxygens (including phenoxy) is 2. The number of methoxy groups -OCH3 is 1.